The first-order valence-electron chi connectivity index (χ1n) is 8.81. The van der Waals surface area contributed by atoms with Crippen LogP contribution in [0.25, 0.3) is 5.65 Å². The average molecular weight is 418 g/mol. The number of nitrogens with zero attached hydrogens (tertiary/aromatic N) is 5. The van der Waals surface area contributed by atoms with Gasteiger partial charge in [0.2, 0.25) is 0 Å². The predicted molar refractivity (Wildman–Crippen MR) is 107 cm³/mol. The number of fused-ring (bicyclic) bond motifs is 1. The zero-order valence-electron chi connectivity index (χ0n) is 15.1. The summed E-state index contributed by atoms with van der Waals surface area (Å²) in [6.45, 7) is 4.27. The van der Waals surface area contributed by atoms with Crippen molar-refractivity contribution in [3.05, 3.63) is 65.0 Å². The molecule has 0 radical (unpaired) electrons. The Balaban J connectivity index is 1.58. The molecule has 0 spiro atoms. The molecule has 0 unspecified atom stereocenters. The summed E-state index contributed by atoms with van der Waals surface area (Å²) in [4.78, 5) is 16.7. The zero-order valence-corrected chi connectivity index (χ0v) is 16.7. The molecule has 0 saturated carbocycles. The first kappa shape index (κ1) is 18.9. The van der Waals surface area contributed by atoms with E-state index in [1.807, 2.05) is 10.6 Å². The van der Waals surface area contributed by atoms with Crippen molar-refractivity contribution in [2.24, 2.45) is 0 Å². The first-order chi connectivity index (χ1) is 13.5. The second-order valence-electron chi connectivity index (χ2n) is 6.64. The Labute approximate surface area is 166 Å². The van der Waals surface area contributed by atoms with Gasteiger partial charge in [0.25, 0.3) is 5.56 Å². The number of hydrogen-bond acceptors (Lipinski definition) is 7. The van der Waals surface area contributed by atoms with E-state index < -0.39 is 9.84 Å². The second kappa shape index (κ2) is 7.51. The number of pyridine rings is 1. The predicted octanol–water partition coefficient (Wildman–Crippen LogP) is 1.67. The fourth-order valence-electron chi connectivity index (χ4n) is 3.32. The molecule has 1 aliphatic heterocycles. The minimum absolute atomic E-state index is 0.107. The van der Waals surface area contributed by atoms with Gasteiger partial charge in [-0.25, -0.2) is 13.4 Å². The normalized spacial score (nSPS) is 18.5. The van der Waals surface area contributed by atoms with E-state index in [-0.39, 0.29) is 23.0 Å². The Morgan fingerprint density at radius 1 is 1.32 bits per heavy atom. The molecule has 3 aromatic heterocycles. The quantitative estimate of drug-likeness (QED) is 0.444. The second-order valence-corrected chi connectivity index (χ2v) is 9.81. The lowest BCUT2D eigenvalue weighted by Gasteiger charge is -2.11. The Bertz CT molecular complexity index is 1200. The van der Waals surface area contributed by atoms with Crippen LogP contribution in [-0.2, 0) is 22.1 Å². The van der Waals surface area contributed by atoms with Crippen LogP contribution in [0, 0.1) is 0 Å². The SMILES string of the molecule is C=CCn1c(SCc2cc(=O)n3ccccc3n2)nnc1[C@H]1CCS(=O)(=O)C1. The van der Waals surface area contributed by atoms with Gasteiger partial charge in [-0.2, -0.15) is 0 Å². The van der Waals surface area contributed by atoms with Crippen molar-refractivity contribution >= 4 is 27.2 Å². The summed E-state index contributed by atoms with van der Waals surface area (Å²) in [5.74, 6) is 1.28. The molecule has 10 heteroatoms. The number of thioether (sulfide) groups is 1. The largest absolute Gasteiger partial charge is 0.302 e. The number of rotatable bonds is 6. The summed E-state index contributed by atoms with van der Waals surface area (Å²) in [6.07, 6.45) is 3.98. The molecule has 1 aliphatic rings. The minimum atomic E-state index is -3.01. The molecule has 0 amide bonds. The molecule has 0 aromatic carbocycles. The molecule has 28 heavy (non-hydrogen) atoms. The van der Waals surface area contributed by atoms with E-state index in [1.165, 1.54) is 22.2 Å². The highest BCUT2D eigenvalue weighted by Gasteiger charge is 2.33. The van der Waals surface area contributed by atoms with Crippen molar-refractivity contribution in [1.82, 2.24) is 24.1 Å². The third-order valence-corrected chi connectivity index (χ3v) is 7.40. The van der Waals surface area contributed by atoms with E-state index in [9.17, 15) is 13.2 Å². The highest BCUT2D eigenvalue weighted by Crippen LogP contribution is 2.30. The number of allylic oxidation sites excluding steroid dienone is 1. The van der Waals surface area contributed by atoms with Crippen LogP contribution < -0.4 is 5.56 Å². The molecule has 4 heterocycles. The van der Waals surface area contributed by atoms with Crippen molar-refractivity contribution in [3.63, 3.8) is 0 Å². The van der Waals surface area contributed by atoms with Crippen LogP contribution in [0.1, 0.15) is 23.9 Å². The summed E-state index contributed by atoms with van der Waals surface area (Å²) in [5, 5.41) is 9.17. The van der Waals surface area contributed by atoms with Gasteiger partial charge >= 0.3 is 0 Å². The molecule has 1 fully saturated rings. The lowest BCUT2D eigenvalue weighted by molar-refractivity contribution is 0.597. The van der Waals surface area contributed by atoms with Crippen molar-refractivity contribution in [3.8, 4) is 0 Å². The highest BCUT2D eigenvalue weighted by atomic mass is 32.2. The van der Waals surface area contributed by atoms with Crippen molar-refractivity contribution in [1.29, 1.82) is 0 Å². The van der Waals surface area contributed by atoms with E-state index in [2.05, 4.69) is 21.8 Å². The molecular weight excluding hydrogens is 398 g/mol. The van der Waals surface area contributed by atoms with Crippen LogP contribution in [0.2, 0.25) is 0 Å². The van der Waals surface area contributed by atoms with Gasteiger partial charge in [-0.15, -0.1) is 16.8 Å². The van der Waals surface area contributed by atoms with Crippen LogP contribution in [-0.4, -0.2) is 44.1 Å². The van der Waals surface area contributed by atoms with E-state index in [1.54, 1.807) is 24.4 Å². The standard InChI is InChI=1S/C18H19N5O3S2/c1-2-7-23-17(13-6-9-28(25,26)12-13)20-21-18(23)27-11-14-10-16(24)22-8-4-3-5-15(22)19-14/h2-5,8,10,13H,1,6-7,9,11-12H2/t13-/m0/s1. The maximum absolute atomic E-state index is 12.2. The van der Waals surface area contributed by atoms with Crippen molar-refractivity contribution in [2.45, 2.75) is 29.8 Å². The molecule has 1 atom stereocenters. The van der Waals surface area contributed by atoms with Gasteiger partial charge in [-0.3, -0.25) is 9.20 Å². The Kier molecular flexibility index (Phi) is 5.07. The highest BCUT2D eigenvalue weighted by molar-refractivity contribution is 7.98. The summed E-state index contributed by atoms with van der Waals surface area (Å²) in [5.41, 5.74) is 1.11. The van der Waals surface area contributed by atoms with E-state index >= 15 is 0 Å². The van der Waals surface area contributed by atoms with Gasteiger partial charge in [0.1, 0.15) is 11.5 Å². The summed E-state index contributed by atoms with van der Waals surface area (Å²) >= 11 is 1.42. The third-order valence-electron chi connectivity index (χ3n) is 4.63. The first-order valence-corrected chi connectivity index (χ1v) is 11.6. The lowest BCUT2D eigenvalue weighted by atomic mass is 10.1. The van der Waals surface area contributed by atoms with E-state index in [4.69, 9.17) is 0 Å². The van der Waals surface area contributed by atoms with Gasteiger partial charge in [0.15, 0.2) is 15.0 Å². The Morgan fingerprint density at radius 2 is 2.18 bits per heavy atom. The van der Waals surface area contributed by atoms with Crippen LogP contribution in [0.5, 0.6) is 0 Å². The van der Waals surface area contributed by atoms with Gasteiger partial charge < -0.3 is 4.57 Å². The van der Waals surface area contributed by atoms with Gasteiger partial charge in [-0.1, -0.05) is 23.9 Å². The van der Waals surface area contributed by atoms with Crippen LogP contribution in [0.15, 0.2) is 53.1 Å². The molecule has 0 aliphatic carbocycles. The average Bonchev–Trinajstić information content (AvgIpc) is 3.23. The molecule has 8 nitrogen and oxygen atoms in total. The van der Waals surface area contributed by atoms with E-state index in [0.717, 1.165) is 0 Å². The summed E-state index contributed by atoms with van der Waals surface area (Å²) < 4.78 is 27.0. The number of hydrogen-bond donors (Lipinski definition) is 0. The van der Waals surface area contributed by atoms with Gasteiger partial charge in [-0.05, 0) is 18.6 Å². The minimum Gasteiger partial charge on any atom is -0.302 e. The van der Waals surface area contributed by atoms with Crippen LogP contribution in [0.3, 0.4) is 0 Å². The number of sulfone groups is 1. The summed E-state index contributed by atoms with van der Waals surface area (Å²) in [7, 11) is -3.01. The molecular formula is C18H19N5O3S2. The monoisotopic (exact) mass is 417 g/mol. The smallest absolute Gasteiger partial charge is 0.258 e. The fourth-order valence-corrected chi connectivity index (χ4v) is 5.91. The van der Waals surface area contributed by atoms with Crippen molar-refractivity contribution in [2.75, 3.05) is 11.5 Å². The third kappa shape index (κ3) is 3.74. The maximum atomic E-state index is 12.2. The molecule has 0 N–H and O–H groups in total. The Morgan fingerprint density at radius 3 is 2.93 bits per heavy atom. The maximum Gasteiger partial charge on any atom is 0.258 e. The van der Waals surface area contributed by atoms with Gasteiger partial charge in [0, 0.05) is 30.5 Å². The number of aromatic nitrogens is 5. The fraction of sp³-hybridized carbons (Fsp3) is 0.333. The molecule has 1 saturated heterocycles. The van der Waals surface area contributed by atoms with Crippen LogP contribution in [0.4, 0.5) is 0 Å². The Hall–Kier alpha value is -2.46. The van der Waals surface area contributed by atoms with Gasteiger partial charge in [0.05, 0.1) is 17.2 Å². The van der Waals surface area contributed by atoms with E-state index in [0.29, 0.717) is 41.0 Å². The van der Waals surface area contributed by atoms with Crippen LogP contribution >= 0.6 is 11.8 Å². The lowest BCUT2D eigenvalue weighted by Crippen LogP contribution is -2.15. The molecule has 4 rings (SSSR count). The summed E-state index contributed by atoms with van der Waals surface area (Å²) in [6, 6.07) is 6.92. The molecule has 3 aromatic rings. The molecule has 0 bridgehead atoms. The molecule has 146 valence electrons. The zero-order chi connectivity index (χ0) is 19.7. The topological polar surface area (TPSA) is 99.2 Å². The van der Waals surface area contributed by atoms with Crippen molar-refractivity contribution < 1.29 is 8.42 Å².